The summed E-state index contributed by atoms with van der Waals surface area (Å²) in [4.78, 5) is 33.7. The van der Waals surface area contributed by atoms with E-state index in [4.69, 9.17) is 0 Å². The van der Waals surface area contributed by atoms with E-state index in [0.29, 0.717) is 18.7 Å². The number of carbonyl (C=O) groups excluding carboxylic acids is 2. The van der Waals surface area contributed by atoms with Crippen LogP contribution in [0.5, 0.6) is 0 Å². The van der Waals surface area contributed by atoms with Crippen molar-refractivity contribution in [3.05, 3.63) is 65.0 Å². The Bertz CT molecular complexity index is 1130. The standard InChI is InChI=1S/C23H24N4O2/c1-14-18-6-4-5-7-19(18)25-22(14)15(2)27(3)21(29)11-8-16-12-17-9-10-20(28)26-23(17)24-13-16/h4-8,11-13,15,25H,9-10H2,1-3H3,(H,24,26,28)/b11-8+. The molecule has 6 heteroatoms. The van der Waals surface area contributed by atoms with Gasteiger partial charge in [-0.2, -0.15) is 0 Å². The smallest absolute Gasteiger partial charge is 0.246 e. The number of benzene rings is 1. The van der Waals surface area contributed by atoms with Crippen LogP contribution in [0.3, 0.4) is 0 Å². The maximum atomic E-state index is 12.7. The number of aromatic amines is 1. The Labute approximate surface area is 169 Å². The second kappa shape index (κ2) is 7.54. The number of hydrogen-bond acceptors (Lipinski definition) is 3. The molecule has 0 aliphatic carbocycles. The number of pyridine rings is 1. The molecule has 6 nitrogen and oxygen atoms in total. The van der Waals surface area contributed by atoms with E-state index in [1.807, 2.05) is 38.2 Å². The molecule has 2 amide bonds. The molecule has 0 fully saturated rings. The summed E-state index contributed by atoms with van der Waals surface area (Å²) < 4.78 is 0. The first kappa shape index (κ1) is 18.9. The van der Waals surface area contributed by atoms with Crippen LogP contribution in [0.2, 0.25) is 0 Å². The molecule has 0 saturated carbocycles. The Morgan fingerprint density at radius 1 is 1.28 bits per heavy atom. The number of aryl methyl sites for hydroxylation is 2. The van der Waals surface area contributed by atoms with E-state index >= 15 is 0 Å². The van der Waals surface area contributed by atoms with Crippen molar-refractivity contribution in [3.8, 4) is 0 Å². The molecule has 3 heterocycles. The van der Waals surface area contributed by atoms with Crippen LogP contribution in [-0.2, 0) is 16.0 Å². The number of nitrogens with one attached hydrogen (secondary N) is 2. The Morgan fingerprint density at radius 3 is 2.86 bits per heavy atom. The molecule has 1 aliphatic heterocycles. The normalized spacial score (nSPS) is 14.7. The maximum Gasteiger partial charge on any atom is 0.246 e. The van der Waals surface area contributed by atoms with Crippen LogP contribution in [-0.4, -0.2) is 33.7 Å². The van der Waals surface area contributed by atoms with Gasteiger partial charge in [-0.1, -0.05) is 18.2 Å². The number of hydrogen-bond donors (Lipinski definition) is 2. The molecule has 1 aromatic carbocycles. The fraction of sp³-hybridized carbons (Fsp3) is 0.261. The molecule has 0 spiro atoms. The summed E-state index contributed by atoms with van der Waals surface area (Å²) in [5.41, 5.74) is 5.13. The number of anilines is 1. The zero-order valence-corrected chi connectivity index (χ0v) is 16.8. The molecule has 0 bridgehead atoms. The van der Waals surface area contributed by atoms with Gasteiger partial charge in [0.2, 0.25) is 11.8 Å². The molecular weight excluding hydrogens is 364 g/mol. The molecule has 29 heavy (non-hydrogen) atoms. The van der Waals surface area contributed by atoms with Crippen molar-refractivity contribution in [1.82, 2.24) is 14.9 Å². The van der Waals surface area contributed by atoms with Crippen molar-refractivity contribution in [1.29, 1.82) is 0 Å². The van der Waals surface area contributed by atoms with E-state index in [9.17, 15) is 9.59 Å². The van der Waals surface area contributed by atoms with Gasteiger partial charge < -0.3 is 15.2 Å². The highest BCUT2D eigenvalue weighted by atomic mass is 16.2. The first-order valence-electron chi connectivity index (χ1n) is 9.75. The Morgan fingerprint density at radius 2 is 2.07 bits per heavy atom. The molecule has 148 valence electrons. The van der Waals surface area contributed by atoms with Gasteiger partial charge in [0, 0.05) is 42.3 Å². The van der Waals surface area contributed by atoms with Crippen molar-refractivity contribution in [2.24, 2.45) is 0 Å². The van der Waals surface area contributed by atoms with Crippen LogP contribution >= 0.6 is 0 Å². The lowest BCUT2D eigenvalue weighted by molar-refractivity contribution is -0.126. The number of nitrogens with zero attached hydrogens (tertiary/aromatic N) is 2. The number of carbonyl (C=O) groups is 2. The van der Waals surface area contributed by atoms with Crippen LogP contribution in [0.1, 0.15) is 41.8 Å². The molecular formula is C23H24N4O2. The first-order valence-corrected chi connectivity index (χ1v) is 9.75. The van der Waals surface area contributed by atoms with E-state index in [1.54, 1.807) is 23.2 Å². The number of H-pyrrole nitrogens is 1. The second-order valence-electron chi connectivity index (χ2n) is 7.49. The van der Waals surface area contributed by atoms with Gasteiger partial charge in [-0.3, -0.25) is 9.59 Å². The van der Waals surface area contributed by atoms with Crippen LogP contribution in [0.15, 0.2) is 42.6 Å². The number of likely N-dealkylation sites (N-methyl/N-ethyl adjacent to an activating group) is 1. The van der Waals surface area contributed by atoms with Crippen molar-refractivity contribution in [2.45, 2.75) is 32.7 Å². The number of para-hydroxylation sites is 1. The van der Waals surface area contributed by atoms with Crippen molar-refractivity contribution < 1.29 is 9.59 Å². The number of aromatic nitrogens is 2. The second-order valence-corrected chi connectivity index (χ2v) is 7.49. The summed E-state index contributed by atoms with van der Waals surface area (Å²) in [7, 11) is 1.81. The van der Waals surface area contributed by atoms with E-state index < -0.39 is 0 Å². The molecule has 2 N–H and O–H groups in total. The van der Waals surface area contributed by atoms with Crippen LogP contribution < -0.4 is 5.32 Å². The zero-order chi connectivity index (χ0) is 20.5. The van der Waals surface area contributed by atoms with Gasteiger partial charge >= 0.3 is 0 Å². The van der Waals surface area contributed by atoms with E-state index in [2.05, 4.69) is 28.3 Å². The van der Waals surface area contributed by atoms with Crippen LogP contribution in [0.4, 0.5) is 5.82 Å². The summed E-state index contributed by atoms with van der Waals surface area (Å²) in [5.74, 6) is 0.526. The molecule has 0 saturated heterocycles. The average Bonchev–Trinajstić information content (AvgIpc) is 3.07. The van der Waals surface area contributed by atoms with Gasteiger partial charge in [0.15, 0.2) is 0 Å². The lowest BCUT2D eigenvalue weighted by atomic mass is 10.0. The average molecular weight is 388 g/mol. The summed E-state index contributed by atoms with van der Waals surface area (Å²) >= 11 is 0. The van der Waals surface area contributed by atoms with E-state index in [0.717, 1.165) is 27.9 Å². The van der Waals surface area contributed by atoms with Gasteiger partial charge in [0.25, 0.3) is 0 Å². The minimum Gasteiger partial charge on any atom is -0.356 e. The van der Waals surface area contributed by atoms with Crippen molar-refractivity contribution >= 4 is 34.6 Å². The van der Waals surface area contributed by atoms with E-state index in [-0.39, 0.29) is 17.9 Å². The lowest BCUT2D eigenvalue weighted by Crippen LogP contribution is -2.28. The minimum atomic E-state index is -0.0866. The number of rotatable bonds is 4. The Kier molecular flexibility index (Phi) is 4.92. The molecule has 0 radical (unpaired) electrons. The fourth-order valence-electron chi connectivity index (χ4n) is 3.76. The third-order valence-electron chi connectivity index (χ3n) is 5.64. The molecule has 1 unspecified atom stereocenters. The third kappa shape index (κ3) is 3.66. The quantitative estimate of drug-likeness (QED) is 0.664. The third-order valence-corrected chi connectivity index (χ3v) is 5.64. The topological polar surface area (TPSA) is 78.1 Å². The Balaban J connectivity index is 1.50. The first-order chi connectivity index (χ1) is 13.9. The molecule has 2 aromatic heterocycles. The SMILES string of the molecule is Cc1c(C(C)N(C)C(=O)/C=C/c2cnc3c(c2)CCC(=O)N3)[nH]c2ccccc12. The lowest BCUT2D eigenvalue weighted by Gasteiger charge is -2.24. The van der Waals surface area contributed by atoms with Crippen molar-refractivity contribution in [3.63, 3.8) is 0 Å². The fourth-order valence-corrected chi connectivity index (χ4v) is 3.76. The zero-order valence-electron chi connectivity index (χ0n) is 16.8. The highest BCUT2D eigenvalue weighted by Crippen LogP contribution is 2.28. The molecule has 3 aromatic rings. The van der Waals surface area contributed by atoms with Gasteiger partial charge in [-0.15, -0.1) is 0 Å². The monoisotopic (exact) mass is 388 g/mol. The minimum absolute atomic E-state index is 0.00801. The highest BCUT2D eigenvalue weighted by molar-refractivity contribution is 5.94. The summed E-state index contributed by atoms with van der Waals surface area (Å²) in [6.45, 7) is 4.10. The van der Waals surface area contributed by atoms with Crippen molar-refractivity contribution in [2.75, 3.05) is 12.4 Å². The van der Waals surface area contributed by atoms with Gasteiger partial charge in [-0.05, 0) is 55.2 Å². The van der Waals surface area contributed by atoms with Gasteiger partial charge in [-0.25, -0.2) is 4.98 Å². The molecule has 1 atom stereocenters. The van der Waals surface area contributed by atoms with Gasteiger partial charge in [0.05, 0.1) is 6.04 Å². The molecule has 1 aliphatic rings. The largest absolute Gasteiger partial charge is 0.356 e. The molecule has 4 rings (SSSR count). The number of fused-ring (bicyclic) bond motifs is 2. The van der Waals surface area contributed by atoms with E-state index in [1.165, 1.54) is 5.39 Å². The highest BCUT2D eigenvalue weighted by Gasteiger charge is 2.20. The maximum absolute atomic E-state index is 12.7. The summed E-state index contributed by atoms with van der Waals surface area (Å²) in [6, 6.07) is 10.0. The van der Waals surface area contributed by atoms with Crippen LogP contribution in [0.25, 0.3) is 17.0 Å². The van der Waals surface area contributed by atoms with Crippen LogP contribution in [0, 0.1) is 6.92 Å². The Hall–Kier alpha value is -3.41. The number of amides is 2. The van der Waals surface area contributed by atoms with Gasteiger partial charge in [0.1, 0.15) is 5.82 Å². The summed E-state index contributed by atoms with van der Waals surface area (Å²) in [5, 5.41) is 3.95. The summed E-state index contributed by atoms with van der Waals surface area (Å²) in [6.07, 6.45) is 6.14. The predicted octanol–water partition coefficient (Wildman–Crippen LogP) is 3.99. The predicted molar refractivity (Wildman–Crippen MR) is 114 cm³/mol.